The molecule has 1 N–H and O–H groups in total. The number of carbonyl (C=O) groups excluding carboxylic acids is 1. The summed E-state index contributed by atoms with van der Waals surface area (Å²) in [5.41, 5.74) is 4.33. The Morgan fingerprint density at radius 2 is 1.60 bits per heavy atom. The summed E-state index contributed by atoms with van der Waals surface area (Å²) in [6.07, 6.45) is 1.38. The van der Waals surface area contributed by atoms with Crippen LogP contribution >= 0.6 is 0 Å². The van der Waals surface area contributed by atoms with Crippen LogP contribution in [-0.4, -0.2) is 27.5 Å². The average Bonchev–Trinajstić information content (AvgIpc) is 3.28. The second-order valence-corrected chi connectivity index (χ2v) is 12.7. The molecule has 0 saturated carbocycles. The zero-order valence-electron chi connectivity index (χ0n) is 23.5. The van der Waals surface area contributed by atoms with Gasteiger partial charge in [-0.3, -0.25) is 14.3 Å². The van der Waals surface area contributed by atoms with Gasteiger partial charge >= 0.3 is 28.5 Å². The van der Waals surface area contributed by atoms with Crippen molar-refractivity contribution in [2.45, 2.75) is 33.7 Å². The third-order valence-electron chi connectivity index (χ3n) is 6.47. The third-order valence-corrected chi connectivity index (χ3v) is 10.0. The summed E-state index contributed by atoms with van der Waals surface area (Å²) in [5.74, 6) is -1.43. The lowest BCUT2D eigenvalue weighted by atomic mass is 10.1. The number of benzene rings is 3. The van der Waals surface area contributed by atoms with E-state index in [1.54, 1.807) is 23.9 Å². The monoisotopic (exact) mass is 714 g/mol. The van der Waals surface area contributed by atoms with Crippen molar-refractivity contribution in [3.8, 4) is 0 Å². The van der Waals surface area contributed by atoms with Gasteiger partial charge in [-0.1, -0.05) is 17.7 Å². The number of aryl methyl sites for hydroxylation is 5. The summed E-state index contributed by atoms with van der Waals surface area (Å²) in [6, 6.07) is 13.4. The lowest BCUT2D eigenvalue weighted by molar-refractivity contribution is -0.598. The van der Waals surface area contributed by atoms with E-state index < -0.39 is 46.0 Å². The smallest absolute Gasteiger partial charge is 0.418 e. The highest BCUT2D eigenvalue weighted by Gasteiger charge is 2.23. The minimum absolute atomic E-state index is 0.00656. The van der Waals surface area contributed by atoms with Crippen LogP contribution in [0.2, 0.25) is 0 Å². The van der Waals surface area contributed by atoms with Crippen molar-refractivity contribution in [1.82, 2.24) is 14.3 Å². The maximum Gasteiger partial charge on any atom is 0.673 e. The van der Waals surface area contributed by atoms with Gasteiger partial charge in [0.1, 0.15) is 5.82 Å². The van der Waals surface area contributed by atoms with Gasteiger partial charge in [0, 0.05) is 42.6 Å². The lowest BCUT2D eigenvalue weighted by Crippen LogP contribution is -3.62. The molecule has 3 aromatic carbocycles. The normalized spacial score (nSPS) is 11.5. The number of aromatic nitrogens is 3. The third kappa shape index (κ3) is 7.78. The van der Waals surface area contributed by atoms with Gasteiger partial charge in [0.25, 0.3) is 5.56 Å². The van der Waals surface area contributed by atoms with Gasteiger partial charge in [-0.05, 0) is 51.1 Å². The van der Waals surface area contributed by atoms with Crippen molar-refractivity contribution in [3.63, 3.8) is 0 Å². The van der Waals surface area contributed by atoms with Gasteiger partial charge in [-0.2, -0.15) is 5.10 Å². The predicted octanol–water partition coefficient (Wildman–Crippen LogP) is 3.55. The molecular weight excluding hydrogens is 688 g/mol. The first kappa shape index (κ1) is 32.1. The topological polar surface area (TPSA) is 68.9 Å². The molecule has 0 spiro atoms. The minimum Gasteiger partial charge on any atom is -0.418 e. The number of nitrogens with zero attached hydrogens (tertiary/aromatic N) is 3. The molecule has 2 aromatic heterocycles. The summed E-state index contributed by atoms with van der Waals surface area (Å²) in [7, 11) is -4.28. The molecule has 5 rings (SSSR count). The van der Waals surface area contributed by atoms with Crippen molar-refractivity contribution in [1.29, 1.82) is 0 Å². The van der Waals surface area contributed by atoms with E-state index in [0.717, 1.165) is 3.57 Å². The number of fused-ring (bicyclic) bond motifs is 3. The van der Waals surface area contributed by atoms with Gasteiger partial charge in [0.2, 0.25) is 5.91 Å². The predicted molar refractivity (Wildman–Crippen MR) is 150 cm³/mol. The number of hydrogen-bond acceptors (Lipinski definition) is 3. The van der Waals surface area contributed by atoms with Crippen molar-refractivity contribution >= 4 is 40.7 Å². The van der Waals surface area contributed by atoms with Crippen LogP contribution in [-0.2, 0) is 18.4 Å². The second kappa shape index (κ2) is 12.8. The maximum atomic E-state index is 14.9. The molecule has 0 aliphatic heterocycles. The van der Waals surface area contributed by atoms with Crippen LogP contribution in [0, 0.1) is 39.5 Å². The fraction of sp³-hybridized carbons (Fsp3) is 0.207. The lowest BCUT2D eigenvalue weighted by Gasteiger charge is -2.12. The second-order valence-electron chi connectivity index (χ2n) is 9.87. The van der Waals surface area contributed by atoms with Crippen LogP contribution in [0.5, 0.6) is 0 Å². The minimum atomic E-state index is -6.00. The molecule has 0 aliphatic carbocycles. The van der Waals surface area contributed by atoms with Crippen LogP contribution in [0.25, 0.3) is 21.8 Å². The van der Waals surface area contributed by atoms with Gasteiger partial charge in [-0.25, -0.2) is 8.78 Å². The van der Waals surface area contributed by atoms with E-state index in [-0.39, 0.29) is 24.2 Å². The molecule has 2 heterocycles. The first-order valence-corrected chi connectivity index (χ1v) is 15.1. The van der Waals surface area contributed by atoms with E-state index in [1.807, 2.05) is 6.07 Å². The first-order chi connectivity index (χ1) is 20.1. The molecule has 0 unspecified atom stereocenters. The number of nitrogens with one attached hydrogen (secondary N) is 1. The van der Waals surface area contributed by atoms with E-state index in [9.17, 15) is 35.6 Å². The zero-order chi connectivity index (χ0) is 31.6. The molecule has 226 valence electrons. The highest BCUT2D eigenvalue weighted by atomic mass is 127. The summed E-state index contributed by atoms with van der Waals surface area (Å²) >= 11 is -0.581. The van der Waals surface area contributed by atoms with Gasteiger partial charge < -0.3 is 27.1 Å². The van der Waals surface area contributed by atoms with E-state index in [1.165, 1.54) is 49.2 Å². The fourth-order valence-electron chi connectivity index (χ4n) is 4.81. The molecule has 0 atom stereocenters. The van der Waals surface area contributed by atoms with Crippen LogP contribution in [0.15, 0.2) is 59.5 Å². The van der Waals surface area contributed by atoms with Crippen LogP contribution in [0.3, 0.4) is 0 Å². The molecule has 0 bridgehead atoms. The Bertz CT molecular complexity index is 1880. The summed E-state index contributed by atoms with van der Waals surface area (Å²) < 4.78 is 73.1. The molecule has 5 aromatic rings. The van der Waals surface area contributed by atoms with Crippen LogP contribution < -0.4 is 32.1 Å². The molecule has 0 aliphatic rings. The van der Waals surface area contributed by atoms with Gasteiger partial charge in [0.15, 0.2) is 13.0 Å². The molecule has 0 radical (unpaired) electrons. The average molecular weight is 714 g/mol. The number of carbonyl (C=O) groups is 1. The van der Waals surface area contributed by atoms with Crippen molar-refractivity contribution in [3.05, 3.63) is 101 Å². The largest absolute Gasteiger partial charge is 0.673 e. The Hall–Kier alpha value is -3.82. The standard InChI is InChI=1S/C29H25F2IN4O2.BF4/c1-16-11-17(2)27(18(3)12-16)32-20-6-8-24(23(31)14-20)34-26(37)9-10-36-25-13-19(30)5-7-21(25)28-22(29(36)38)15-33-35(28)4;2-1(3,4)5/h5-8,11-15H,9-10H2,1-4H3;/q;-1/p+1. The Morgan fingerprint density at radius 1 is 0.953 bits per heavy atom. The number of amides is 1. The number of anilines is 1. The molecule has 0 saturated heterocycles. The fourth-order valence-corrected chi connectivity index (χ4v) is 7.39. The van der Waals surface area contributed by atoms with Crippen molar-refractivity contribution in [2.75, 3.05) is 5.32 Å². The maximum absolute atomic E-state index is 14.9. The summed E-state index contributed by atoms with van der Waals surface area (Å²) in [5, 5.41) is 7.83. The molecular formula is C29H26BF6IN4O2. The van der Waals surface area contributed by atoms with E-state index in [4.69, 9.17) is 0 Å². The Morgan fingerprint density at radius 3 is 2.23 bits per heavy atom. The number of rotatable bonds is 6. The van der Waals surface area contributed by atoms with Crippen molar-refractivity contribution in [2.24, 2.45) is 7.05 Å². The number of hydrogen-bond donors (Lipinski definition) is 1. The number of pyridine rings is 1. The molecule has 14 heteroatoms. The molecule has 6 nitrogen and oxygen atoms in total. The molecule has 43 heavy (non-hydrogen) atoms. The summed E-state index contributed by atoms with van der Waals surface area (Å²) in [4.78, 5) is 25.9. The summed E-state index contributed by atoms with van der Waals surface area (Å²) in [6.45, 7) is 6.23. The number of halogens is 7. The van der Waals surface area contributed by atoms with Crippen LogP contribution in [0.4, 0.5) is 31.7 Å². The molecule has 1 amide bonds. The van der Waals surface area contributed by atoms with E-state index in [0.29, 0.717) is 21.8 Å². The first-order valence-electron chi connectivity index (χ1n) is 13.0. The van der Waals surface area contributed by atoms with E-state index in [2.05, 4.69) is 43.3 Å². The SMILES string of the molecule is Cc1cc(C)c([I+]c2ccc(NC(=O)CCn3c(=O)c4cnn(C)c4c4ccc(F)cc43)c(F)c2)c(C)c1.F[B-](F)(F)F. The van der Waals surface area contributed by atoms with Crippen LogP contribution in [0.1, 0.15) is 23.1 Å². The highest BCUT2D eigenvalue weighted by Crippen LogP contribution is 2.23. The molecule has 0 fully saturated rings. The highest BCUT2D eigenvalue weighted by molar-refractivity contribution is 6.50. The Balaban J connectivity index is 0.000000782. The Labute approximate surface area is 253 Å². The Kier molecular flexibility index (Phi) is 9.57. The zero-order valence-corrected chi connectivity index (χ0v) is 25.6. The quantitative estimate of drug-likeness (QED) is 0.166. The van der Waals surface area contributed by atoms with Gasteiger partial charge in [0.05, 0.1) is 28.3 Å². The van der Waals surface area contributed by atoms with E-state index >= 15 is 0 Å². The van der Waals surface area contributed by atoms with Gasteiger partial charge in [-0.15, -0.1) is 0 Å². The van der Waals surface area contributed by atoms with Crippen molar-refractivity contribution < 1.29 is 52.0 Å².